The van der Waals surface area contributed by atoms with Crippen LogP contribution in [0.5, 0.6) is 0 Å². The van der Waals surface area contributed by atoms with Crippen molar-refractivity contribution in [2.45, 2.75) is 6.92 Å². The summed E-state index contributed by atoms with van der Waals surface area (Å²) in [5, 5.41) is 15.5. The fourth-order valence-corrected chi connectivity index (χ4v) is 2.74. The molecule has 0 radical (unpaired) electrons. The Morgan fingerprint density at radius 1 is 1.11 bits per heavy atom. The molecule has 27 heavy (non-hydrogen) atoms. The highest BCUT2D eigenvalue weighted by Gasteiger charge is 2.11. The highest BCUT2D eigenvalue weighted by atomic mass is 32.1. The summed E-state index contributed by atoms with van der Waals surface area (Å²) in [5.41, 5.74) is 4.43. The van der Waals surface area contributed by atoms with E-state index >= 15 is 0 Å². The molecule has 4 aromatic rings. The normalized spacial score (nSPS) is 11.3. The molecule has 2 aromatic heterocycles. The molecule has 134 valence electrons. The van der Waals surface area contributed by atoms with Crippen LogP contribution in [0.1, 0.15) is 11.1 Å². The monoisotopic (exact) mass is 378 g/mol. The van der Waals surface area contributed by atoms with Gasteiger partial charge in [0.15, 0.2) is 0 Å². The van der Waals surface area contributed by atoms with Gasteiger partial charge in [0.2, 0.25) is 4.77 Å². The predicted octanol–water partition coefficient (Wildman–Crippen LogP) is 4.12. The van der Waals surface area contributed by atoms with Gasteiger partial charge >= 0.3 is 0 Å². The molecule has 6 nitrogen and oxygen atoms in total. The van der Waals surface area contributed by atoms with Crippen molar-refractivity contribution >= 4 is 18.4 Å². The maximum absolute atomic E-state index is 13.2. The van der Waals surface area contributed by atoms with Crippen molar-refractivity contribution in [3.63, 3.8) is 0 Å². The standard InChI is InChI=1S/C19H15FN6S/c1-13-2-4-14(5-3-13)18-15(10-22-26-12-21-23-19(26)27)11-25(24-18)17-8-6-16(20)7-9-17/h2-12H,1H3,(H,23,27)/b22-10-. The first-order chi connectivity index (χ1) is 13.1. The molecule has 2 heterocycles. The van der Waals surface area contributed by atoms with E-state index in [9.17, 15) is 4.39 Å². The third-order valence-corrected chi connectivity index (χ3v) is 4.29. The van der Waals surface area contributed by atoms with Gasteiger partial charge in [0.25, 0.3) is 0 Å². The fraction of sp³-hybridized carbons (Fsp3) is 0.0526. The van der Waals surface area contributed by atoms with Crippen LogP contribution in [0.15, 0.2) is 66.2 Å². The Morgan fingerprint density at radius 2 is 1.85 bits per heavy atom. The average molecular weight is 378 g/mol. The minimum atomic E-state index is -0.291. The van der Waals surface area contributed by atoms with Gasteiger partial charge < -0.3 is 0 Å². The van der Waals surface area contributed by atoms with E-state index in [0.29, 0.717) is 4.77 Å². The minimum absolute atomic E-state index is 0.291. The number of hydrogen-bond acceptors (Lipinski definition) is 4. The van der Waals surface area contributed by atoms with Crippen molar-refractivity contribution in [3.05, 3.63) is 82.8 Å². The minimum Gasteiger partial charge on any atom is -0.250 e. The Morgan fingerprint density at radius 3 is 2.52 bits per heavy atom. The molecule has 8 heteroatoms. The molecular formula is C19H15FN6S. The Kier molecular flexibility index (Phi) is 4.47. The molecule has 0 fully saturated rings. The van der Waals surface area contributed by atoms with Gasteiger partial charge in [-0.25, -0.2) is 9.07 Å². The number of aromatic nitrogens is 5. The van der Waals surface area contributed by atoms with Crippen LogP contribution in [-0.2, 0) is 0 Å². The highest BCUT2D eigenvalue weighted by molar-refractivity contribution is 7.71. The number of nitrogens with one attached hydrogen (secondary N) is 1. The van der Waals surface area contributed by atoms with E-state index in [4.69, 9.17) is 12.2 Å². The molecule has 0 spiro atoms. The Labute approximate surface area is 159 Å². The van der Waals surface area contributed by atoms with Crippen molar-refractivity contribution in [1.29, 1.82) is 0 Å². The van der Waals surface area contributed by atoms with E-state index < -0.39 is 0 Å². The number of aryl methyl sites for hydroxylation is 1. The van der Waals surface area contributed by atoms with Gasteiger partial charge in [0.05, 0.1) is 11.9 Å². The summed E-state index contributed by atoms with van der Waals surface area (Å²) in [7, 11) is 0. The van der Waals surface area contributed by atoms with Gasteiger partial charge in [-0.2, -0.15) is 20.0 Å². The lowest BCUT2D eigenvalue weighted by Gasteiger charge is -2.01. The van der Waals surface area contributed by atoms with Crippen molar-refractivity contribution < 1.29 is 4.39 Å². The Balaban J connectivity index is 1.80. The van der Waals surface area contributed by atoms with Crippen molar-refractivity contribution in [3.8, 4) is 16.9 Å². The molecule has 1 N–H and O–H groups in total. The van der Waals surface area contributed by atoms with E-state index in [-0.39, 0.29) is 5.82 Å². The molecule has 0 aliphatic heterocycles. The lowest BCUT2D eigenvalue weighted by molar-refractivity contribution is 0.627. The third kappa shape index (κ3) is 3.61. The summed E-state index contributed by atoms with van der Waals surface area (Å²) in [6.45, 7) is 2.03. The fourth-order valence-electron chi connectivity index (χ4n) is 2.59. The predicted molar refractivity (Wildman–Crippen MR) is 104 cm³/mol. The van der Waals surface area contributed by atoms with Gasteiger partial charge in [-0.1, -0.05) is 29.8 Å². The largest absolute Gasteiger partial charge is 0.250 e. The second-order valence-electron chi connectivity index (χ2n) is 5.97. The molecular weight excluding hydrogens is 363 g/mol. The van der Waals surface area contributed by atoms with Gasteiger partial charge in [-0.15, -0.1) is 0 Å². The number of benzene rings is 2. The van der Waals surface area contributed by atoms with E-state index in [1.54, 1.807) is 23.0 Å². The average Bonchev–Trinajstić information content (AvgIpc) is 3.27. The molecule has 0 saturated carbocycles. The summed E-state index contributed by atoms with van der Waals surface area (Å²) in [5.74, 6) is -0.291. The zero-order valence-electron chi connectivity index (χ0n) is 14.4. The topological polar surface area (TPSA) is 63.8 Å². The smallest absolute Gasteiger partial charge is 0.216 e. The van der Waals surface area contributed by atoms with Crippen molar-refractivity contribution in [2.75, 3.05) is 0 Å². The van der Waals surface area contributed by atoms with Crippen LogP contribution in [0.2, 0.25) is 0 Å². The van der Waals surface area contributed by atoms with Crippen LogP contribution in [0, 0.1) is 17.5 Å². The first-order valence-corrected chi connectivity index (χ1v) is 8.60. The van der Waals surface area contributed by atoms with Gasteiger partial charge in [0, 0.05) is 17.3 Å². The number of rotatable bonds is 4. The zero-order valence-corrected chi connectivity index (χ0v) is 15.2. The number of hydrogen-bond donors (Lipinski definition) is 1. The molecule has 0 atom stereocenters. The highest BCUT2D eigenvalue weighted by Crippen LogP contribution is 2.23. The summed E-state index contributed by atoms with van der Waals surface area (Å²) in [4.78, 5) is 0. The van der Waals surface area contributed by atoms with Crippen LogP contribution >= 0.6 is 12.2 Å². The lowest BCUT2D eigenvalue weighted by atomic mass is 10.1. The van der Waals surface area contributed by atoms with Crippen LogP contribution < -0.4 is 0 Å². The molecule has 4 rings (SSSR count). The maximum atomic E-state index is 13.2. The summed E-state index contributed by atoms with van der Waals surface area (Å²) in [6, 6.07) is 14.2. The quantitative estimate of drug-likeness (QED) is 0.429. The SMILES string of the molecule is Cc1ccc(-c2nn(-c3ccc(F)cc3)cc2/C=N\n2cn[nH]c2=S)cc1. The van der Waals surface area contributed by atoms with Crippen LogP contribution in [-0.4, -0.2) is 30.9 Å². The first kappa shape index (κ1) is 17.0. The summed E-state index contributed by atoms with van der Waals surface area (Å²) >= 11 is 5.11. The molecule has 0 aliphatic carbocycles. The van der Waals surface area contributed by atoms with Gasteiger partial charge in [-0.3, -0.25) is 5.10 Å². The molecule has 0 saturated heterocycles. The number of nitrogens with zero attached hydrogens (tertiary/aromatic N) is 5. The van der Waals surface area contributed by atoms with E-state index in [1.165, 1.54) is 23.1 Å². The maximum Gasteiger partial charge on any atom is 0.216 e. The van der Waals surface area contributed by atoms with Crippen LogP contribution in [0.3, 0.4) is 0 Å². The van der Waals surface area contributed by atoms with E-state index in [0.717, 1.165) is 28.1 Å². The van der Waals surface area contributed by atoms with Crippen LogP contribution in [0.25, 0.3) is 16.9 Å². The molecule has 2 aromatic carbocycles. The van der Waals surface area contributed by atoms with Crippen LogP contribution in [0.4, 0.5) is 4.39 Å². The number of halogens is 1. The molecule has 0 bridgehead atoms. The summed E-state index contributed by atoms with van der Waals surface area (Å²) in [6.07, 6.45) is 5.01. The van der Waals surface area contributed by atoms with Crippen molar-refractivity contribution in [1.82, 2.24) is 24.7 Å². The second-order valence-corrected chi connectivity index (χ2v) is 6.36. The molecule has 0 aliphatic rings. The third-order valence-electron chi connectivity index (χ3n) is 4.02. The van der Waals surface area contributed by atoms with E-state index in [2.05, 4.69) is 20.4 Å². The Hall–Kier alpha value is -3.39. The molecule has 0 unspecified atom stereocenters. The lowest BCUT2D eigenvalue weighted by Crippen LogP contribution is -1.94. The number of H-pyrrole nitrogens is 1. The number of aromatic amines is 1. The zero-order chi connectivity index (χ0) is 18.8. The van der Waals surface area contributed by atoms with Gasteiger partial charge in [0.1, 0.15) is 17.8 Å². The van der Waals surface area contributed by atoms with Gasteiger partial charge in [-0.05, 0) is 43.4 Å². The Bertz CT molecular complexity index is 1150. The van der Waals surface area contributed by atoms with Crippen molar-refractivity contribution in [2.24, 2.45) is 5.10 Å². The second kappa shape index (κ2) is 7.08. The summed E-state index contributed by atoms with van der Waals surface area (Å²) < 4.78 is 16.8. The molecule has 0 amide bonds. The van der Waals surface area contributed by atoms with E-state index in [1.807, 2.05) is 37.4 Å². The first-order valence-electron chi connectivity index (χ1n) is 8.19.